The fourth-order valence-corrected chi connectivity index (χ4v) is 1.81. The minimum Gasteiger partial charge on any atom is -0.389 e. The number of aryl methyl sites for hydroxylation is 1. The number of nitrogens with one attached hydrogen (secondary N) is 1. The SMILES string of the molecule is CCN(C)CCNc1nnc(C)c(C)c1C(N)=S. The van der Waals surface area contributed by atoms with Gasteiger partial charge in [0.25, 0.3) is 0 Å². The van der Waals surface area contributed by atoms with E-state index in [2.05, 4.69) is 34.4 Å². The fraction of sp³-hybridized carbons (Fsp3) is 0.583. The summed E-state index contributed by atoms with van der Waals surface area (Å²) in [4.78, 5) is 2.57. The largest absolute Gasteiger partial charge is 0.389 e. The average molecular weight is 267 g/mol. The van der Waals surface area contributed by atoms with Crippen LogP contribution in [0.25, 0.3) is 0 Å². The number of likely N-dealkylation sites (N-methyl/N-ethyl adjacent to an activating group) is 1. The summed E-state index contributed by atoms with van der Waals surface area (Å²) in [5.41, 5.74) is 8.40. The van der Waals surface area contributed by atoms with Crippen LogP contribution in [0.15, 0.2) is 0 Å². The third-order valence-electron chi connectivity index (χ3n) is 3.03. The number of rotatable bonds is 6. The van der Waals surface area contributed by atoms with Crippen LogP contribution < -0.4 is 11.1 Å². The molecule has 0 unspecified atom stereocenters. The predicted molar refractivity (Wildman–Crippen MR) is 79.1 cm³/mol. The van der Waals surface area contributed by atoms with Gasteiger partial charge in [-0.1, -0.05) is 19.1 Å². The summed E-state index contributed by atoms with van der Waals surface area (Å²) >= 11 is 5.08. The Morgan fingerprint density at radius 3 is 2.61 bits per heavy atom. The molecule has 0 radical (unpaired) electrons. The summed E-state index contributed by atoms with van der Waals surface area (Å²) in [5, 5.41) is 11.5. The third kappa shape index (κ3) is 3.61. The Balaban J connectivity index is 2.83. The van der Waals surface area contributed by atoms with Crippen molar-refractivity contribution in [1.82, 2.24) is 15.1 Å². The van der Waals surface area contributed by atoms with E-state index in [4.69, 9.17) is 18.0 Å². The van der Waals surface area contributed by atoms with Crippen molar-refractivity contribution in [3.63, 3.8) is 0 Å². The van der Waals surface area contributed by atoms with Gasteiger partial charge >= 0.3 is 0 Å². The van der Waals surface area contributed by atoms with Crippen molar-refractivity contribution < 1.29 is 0 Å². The molecule has 6 heteroatoms. The summed E-state index contributed by atoms with van der Waals surface area (Å²) in [6.45, 7) is 8.72. The number of hydrogen-bond acceptors (Lipinski definition) is 5. The van der Waals surface area contributed by atoms with E-state index < -0.39 is 0 Å². The highest BCUT2D eigenvalue weighted by molar-refractivity contribution is 7.80. The Morgan fingerprint density at radius 2 is 2.06 bits per heavy atom. The van der Waals surface area contributed by atoms with Crippen LogP contribution >= 0.6 is 12.2 Å². The van der Waals surface area contributed by atoms with Crippen LogP contribution in [0.5, 0.6) is 0 Å². The van der Waals surface area contributed by atoms with Gasteiger partial charge in [-0.05, 0) is 33.0 Å². The van der Waals surface area contributed by atoms with Crippen LogP contribution in [0, 0.1) is 13.8 Å². The lowest BCUT2D eigenvalue weighted by Crippen LogP contribution is -2.26. The van der Waals surface area contributed by atoms with E-state index in [-0.39, 0.29) is 0 Å². The Bertz CT molecular complexity index is 433. The highest BCUT2D eigenvalue weighted by Gasteiger charge is 2.13. The number of aromatic nitrogens is 2. The second-order valence-electron chi connectivity index (χ2n) is 4.32. The summed E-state index contributed by atoms with van der Waals surface area (Å²) in [6.07, 6.45) is 0. The molecule has 0 saturated heterocycles. The summed E-state index contributed by atoms with van der Waals surface area (Å²) < 4.78 is 0. The standard InChI is InChI=1S/C12H21N5S/c1-5-17(4)7-6-14-12-10(11(13)18)8(2)9(3)15-16-12/h5-7H2,1-4H3,(H2,13,18)(H,14,16). The smallest absolute Gasteiger partial charge is 0.159 e. The molecule has 0 amide bonds. The molecule has 1 heterocycles. The third-order valence-corrected chi connectivity index (χ3v) is 3.23. The molecule has 100 valence electrons. The lowest BCUT2D eigenvalue weighted by Gasteiger charge is -2.16. The Labute approximate surface area is 114 Å². The molecule has 0 saturated carbocycles. The second kappa shape index (κ2) is 6.61. The highest BCUT2D eigenvalue weighted by Crippen LogP contribution is 2.17. The topological polar surface area (TPSA) is 67.1 Å². The molecule has 3 N–H and O–H groups in total. The van der Waals surface area contributed by atoms with E-state index >= 15 is 0 Å². The quantitative estimate of drug-likeness (QED) is 0.752. The van der Waals surface area contributed by atoms with Gasteiger partial charge in [0.15, 0.2) is 5.82 Å². The van der Waals surface area contributed by atoms with Gasteiger partial charge < -0.3 is 16.0 Å². The Kier molecular flexibility index (Phi) is 5.43. The first-order chi connectivity index (χ1) is 8.47. The molecule has 0 aliphatic heterocycles. The molecule has 0 fully saturated rings. The number of anilines is 1. The summed E-state index contributed by atoms with van der Waals surface area (Å²) in [7, 11) is 2.07. The first-order valence-corrected chi connectivity index (χ1v) is 6.44. The van der Waals surface area contributed by atoms with Crippen molar-refractivity contribution in [2.75, 3.05) is 32.0 Å². The molecule has 0 aliphatic carbocycles. The predicted octanol–water partition coefficient (Wildman–Crippen LogP) is 1.09. The number of nitrogens with two attached hydrogens (primary N) is 1. The molecule has 1 aromatic rings. The fourth-order valence-electron chi connectivity index (χ4n) is 1.56. The van der Waals surface area contributed by atoms with E-state index in [1.54, 1.807) is 0 Å². The molecular formula is C12H21N5S. The monoisotopic (exact) mass is 267 g/mol. The zero-order valence-electron chi connectivity index (χ0n) is 11.4. The maximum absolute atomic E-state index is 5.76. The molecule has 0 aromatic carbocycles. The van der Waals surface area contributed by atoms with Crippen LogP contribution in [0.4, 0.5) is 5.82 Å². The van der Waals surface area contributed by atoms with Crippen molar-refractivity contribution in [2.45, 2.75) is 20.8 Å². The number of hydrogen-bond donors (Lipinski definition) is 2. The van der Waals surface area contributed by atoms with Crippen LogP contribution in [0.3, 0.4) is 0 Å². The number of nitrogens with zero attached hydrogens (tertiary/aromatic N) is 3. The van der Waals surface area contributed by atoms with Crippen molar-refractivity contribution in [1.29, 1.82) is 0 Å². The Hall–Kier alpha value is -1.27. The first-order valence-electron chi connectivity index (χ1n) is 6.03. The van der Waals surface area contributed by atoms with Crippen LogP contribution in [0.2, 0.25) is 0 Å². The summed E-state index contributed by atoms with van der Waals surface area (Å²) in [6, 6.07) is 0. The van der Waals surface area contributed by atoms with E-state index in [1.165, 1.54) is 0 Å². The molecule has 0 aliphatic rings. The molecule has 0 atom stereocenters. The van der Waals surface area contributed by atoms with E-state index in [0.717, 1.165) is 36.5 Å². The van der Waals surface area contributed by atoms with Crippen LogP contribution in [-0.4, -0.2) is 46.8 Å². The average Bonchev–Trinajstić information content (AvgIpc) is 2.33. The van der Waals surface area contributed by atoms with Crippen molar-refractivity contribution in [2.24, 2.45) is 5.73 Å². The lowest BCUT2D eigenvalue weighted by molar-refractivity contribution is 0.367. The van der Waals surface area contributed by atoms with Gasteiger partial charge in [0.1, 0.15) is 4.99 Å². The van der Waals surface area contributed by atoms with Crippen molar-refractivity contribution in [3.05, 3.63) is 16.8 Å². The molecule has 0 spiro atoms. The van der Waals surface area contributed by atoms with Crippen LogP contribution in [0.1, 0.15) is 23.7 Å². The lowest BCUT2D eigenvalue weighted by atomic mass is 10.1. The highest BCUT2D eigenvalue weighted by atomic mass is 32.1. The van der Waals surface area contributed by atoms with E-state index in [9.17, 15) is 0 Å². The molecule has 1 aromatic heterocycles. The maximum atomic E-state index is 5.76. The normalized spacial score (nSPS) is 10.7. The van der Waals surface area contributed by atoms with Gasteiger partial charge in [-0.25, -0.2) is 0 Å². The van der Waals surface area contributed by atoms with Gasteiger partial charge in [-0.15, -0.1) is 5.10 Å². The second-order valence-corrected chi connectivity index (χ2v) is 4.76. The maximum Gasteiger partial charge on any atom is 0.159 e. The van der Waals surface area contributed by atoms with Gasteiger partial charge in [0, 0.05) is 13.1 Å². The molecular weight excluding hydrogens is 246 g/mol. The van der Waals surface area contributed by atoms with E-state index in [1.807, 2.05) is 13.8 Å². The zero-order chi connectivity index (χ0) is 13.7. The van der Waals surface area contributed by atoms with Gasteiger partial charge in [-0.3, -0.25) is 0 Å². The first kappa shape index (κ1) is 14.8. The van der Waals surface area contributed by atoms with Gasteiger partial charge in [-0.2, -0.15) is 5.10 Å². The molecule has 5 nitrogen and oxygen atoms in total. The molecule has 18 heavy (non-hydrogen) atoms. The van der Waals surface area contributed by atoms with Crippen LogP contribution in [-0.2, 0) is 0 Å². The molecule has 0 bridgehead atoms. The zero-order valence-corrected chi connectivity index (χ0v) is 12.3. The Morgan fingerprint density at radius 1 is 1.39 bits per heavy atom. The summed E-state index contributed by atoms with van der Waals surface area (Å²) in [5.74, 6) is 0.676. The van der Waals surface area contributed by atoms with Crippen molar-refractivity contribution >= 4 is 23.0 Å². The number of thiocarbonyl (C=S) groups is 1. The van der Waals surface area contributed by atoms with Gasteiger partial charge in [0.05, 0.1) is 11.3 Å². The van der Waals surface area contributed by atoms with Crippen molar-refractivity contribution in [3.8, 4) is 0 Å². The minimum atomic E-state index is 0.358. The molecule has 1 rings (SSSR count). The minimum absolute atomic E-state index is 0.358. The van der Waals surface area contributed by atoms with Gasteiger partial charge in [0.2, 0.25) is 0 Å². The van der Waals surface area contributed by atoms with E-state index in [0.29, 0.717) is 10.8 Å².